The lowest BCUT2D eigenvalue weighted by atomic mass is 10.1. The van der Waals surface area contributed by atoms with E-state index in [0.717, 1.165) is 12.0 Å². The summed E-state index contributed by atoms with van der Waals surface area (Å²) in [7, 11) is 1.56. The third-order valence-corrected chi connectivity index (χ3v) is 3.72. The SMILES string of the molecule is COc1cccc2ncn([C@@H](C)Cc3cccnc3)c(=O)c12. The van der Waals surface area contributed by atoms with E-state index in [1.165, 1.54) is 0 Å². The molecule has 0 aliphatic rings. The van der Waals surface area contributed by atoms with Gasteiger partial charge in [-0.05, 0) is 37.1 Å². The largest absolute Gasteiger partial charge is 0.496 e. The van der Waals surface area contributed by atoms with E-state index in [4.69, 9.17) is 4.74 Å². The van der Waals surface area contributed by atoms with Crippen LogP contribution < -0.4 is 10.3 Å². The molecule has 0 unspecified atom stereocenters. The van der Waals surface area contributed by atoms with Gasteiger partial charge < -0.3 is 4.74 Å². The molecule has 0 aliphatic carbocycles. The van der Waals surface area contributed by atoms with Crippen LogP contribution in [0.3, 0.4) is 0 Å². The van der Waals surface area contributed by atoms with E-state index in [-0.39, 0.29) is 11.6 Å². The molecule has 0 N–H and O–H groups in total. The number of pyridine rings is 1. The molecule has 0 bridgehead atoms. The standard InChI is InChI=1S/C17H17N3O2/c1-12(9-13-5-4-8-18-10-13)20-11-19-14-6-3-7-15(22-2)16(14)17(20)21/h3-8,10-12H,9H2,1-2H3/t12-/m0/s1. The smallest absolute Gasteiger partial charge is 0.265 e. The van der Waals surface area contributed by atoms with Crippen molar-refractivity contribution in [2.45, 2.75) is 19.4 Å². The first-order chi connectivity index (χ1) is 10.7. The third-order valence-electron chi connectivity index (χ3n) is 3.72. The highest BCUT2D eigenvalue weighted by Gasteiger charge is 2.13. The van der Waals surface area contributed by atoms with Gasteiger partial charge in [-0.2, -0.15) is 0 Å². The lowest BCUT2D eigenvalue weighted by Gasteiger charge is -2.15. The van der Waals surface area contributed by atoms with Crippen LogP contribution in [-0.2, 0) is 6.42 Å². The van der Waals surface area contributed by atoms with E-state index in [1.807, 2.05) is 37.4 Å². The number of nitrogens with zero attached hydrogens (tertiary/aromatic N) is 3. The van der Waals surface area contributed by atoms with Crippen LogP contribution in [0.1, 0.15) is 18.5 Å². The topological polar surface area (TPSA) is 57.0 Å². The molecule has 0 radical (unpaired) electrons. The summed E-state index contributed by atoms with van der Waals surface area (Å²) in [5, 5.41) is 0.519. The highest BCUT2D eigenvalue weighted by Crippen LogP contribution is 2.21. The van der Waals surface area contributed by atoms with Gasteiger partial charge >= 0.3 is 0 Å². The van der Waals surface area contributed by atoms with Gasteiger partial charge in [-0.3, -0.25) is 14.3 Å². The second-order valence-corrected chi connectivity index (χ2v) is 5.23. The Morgan fingerprint density at radius 2 is 2.14 bits per heavy atom. The number of rotatable bonds is 4. The van der Waals surface area contributed by atoms with Crippen molar-refractivity contribution in [3.63, 3.8) is 0 Å². The van der Waals surface area contributed by atoms with E-state index < -0.39 is 0 Å². The zero-order valence-corrected chi connectivity index (χ0v) is 12.6. The maximum Gasteiger partial charge on any atom is 0.265 e. The Morgan fingerprint density at radius 1 is 1.27 bits per heavy atom. The first-order valence-electron chi connectivity index (χ1n) is 7.13. The Bertz CT molecular complexity index is 843. The molecule has 1 atom stereocenters. The van der Waals surface area contributed by atoms with Gasteiger partial charge in [0.2, 0.25) is 0 Å². The van der Waals surface area contributed by atoms with Gasteiger partial charge in [0, 0.05) is 18.4 Å². The molecule has 0 saturated heterocycles. The number of ether oxygens (including phenoxy) is 1. The highest BCUT2D eigenvalue weighted by atomic mass is 16.5. The number of fused-ring (bicyclic) bond motifs is 1. The van der Waals surface area contributed by atoms with Crippen LogP contribution in [-0.4, -0.2) is 21.6 Å². The third kappa shape index (κ3) is 2.57. The van der Waals surface area contributed by atoms with Crippen molar-refractivity contribution in [1.29, 1.82) is 0 Å². The first kappa shape index (κ1) is 14.3. The van der Waals surface area contributed by atoms with Crippen molar-refractivity contribution < 1.29 is 4.74 Å². The molecule has 3 aromatic rings. The molecular formula is C17H17N3O2. The van der Waals surface area contributed by atoms with E-state index in [9.17, 15) is 4.79 Å². The van der Waals surface area contributed by atoms with E-state index >= 15 is 0 Å². The molecule has 2 aromatic heterocycles. The Labute approximate surface area is 128 Å². The van der Waals surface area contributed by atoms with E-state index in [2.05, 4.69) is 9.97 Å². The first-order valence-corrected chi connectivity index (χ1v) is 7.13. The monoisotopic (exact) mass is 295 g/mol. The Hall–Kier alpha value is -2.69. The fourth-order valence-electron chi connectivity index (χ4n) is 2.59. The van der Waals surface area contributed by atoms with Crippen molar-refractivity contribution in [2.24, 2.45) is 0 Å². The highest BCUT2D eigenvalue weighted by molar-refractivity contribution is 5.83. The summed E-state index contributed by atoms with van der Waals surface area (Å²) in [5.74, 6) is 0.554. The maximum atomic E-state index is 12.8. The molecule has 5 heteroatoms. The molecule has 0 aliphatic heterocycles. The van der Waals surface area contributed by atoms with Crippen molar-refractivity contribution >= 4 is 10.9 Å². The number of hydrogen-bond acceptors (Lipinski definition) is 4. The summed E-state index contributed by atoms with van der Waals surface area (Å²) >= 11 is 0. The Kier molecular flexibility index (Phi) is 3.87. The second kappa shape index (κ2) is 5.97. The summed E-state index contributed by atoms with van der Waals surface area (Å²) in [4.78, 5) is 21.3. The fourth-order valence-corrected chi connectivity index (χ4v) is 2.59. The number of hydrogen-bond donors (Lipinski definition) is 0. The maximum absolute atomic E-state index is 12.8. The second-order valence-electron chi connectivity index (χ2n) is 5.23. The van der Waals surface area contributed by atoms with Crippen LogP contribution in [0.5, 0.6) is 5.75 Å². The molecule has 0 spiro atoms. The zero-order valence-electron chi connectivity index (χ0n) is 12.6. The minimum atomic E-state index is -0.0844. The van der Waals surface area contributed by atoms with Crippen molar-refractivity contribution in [1.82, 2.24) is 14.5 Å². The predicted molar refractivity (Wildman–Crippen MR) is 85.2 cm³/mol. The molecule has 5 nitrogen and oxygen atoms in total. The quantitative estimate of drug-likeness (QED) is 0.742. The Morgan fingerprint density at radius 3 is 2.86 bits per heavy atom. The van der Waals surface area contributed by atoms with Gasteiger partial charge in [0.15, 0.2) is 0 Å². The van der Waals surface area contributed by atoms with Gasteiger partial charge in [-0.25, -0.2) is 4.98 Å². The molecular weight excluding hydrogens is 278 g/mol. The van der Waals surface area contributed by atoms with Crippen molar-refractivity contribution in [3.8, 4) is 5.75 Å². The molecule has 22 heavy (non-hydrogen) atoms. The molecule has 0 amide bonds. The lowest BCUT2D eigenvalue weighted by molar-refractivity contribution is 0.418. The molecule has 1 aromatic carbocycles. The average Bonchev–Trinajstić information content (AvgIpc) is 2.55. The minimum absolute atomic E-state index is 0.0153. The fraction of sp³-hybridized carbons (Fsp3) is 0.235. The van der Waals surface area contributed by atoms with Crippen LogP contribution in [0.15, 0.2) is 53.8 Å². The number of methoxy groups -OCH3 is 1. The summed E-state index contributed by atoms with van der Waals surface area (Å²) in [6.07, 6.45) is 5.88. The van der Waals surface area contributed by atoms with Crippen molar-refractivity contribution in [2.75, 3.05) is 7.11 Å². The van der Waals surface area contributed by atoms with Gasteiger partial charge in [0.25, 0.3) is 5.56 Å². The van der Waals surface area contributed by atoms with Gasteiger partial charge in [0.1, 0.15) is 11.1 Å². The van der Waals surface area contributed by atoms with Crippen LogP contribution in [0.4, 0.5) is 0 Å². The van der Waals surface area contributed by atoms with Crippen LogP contribution >= 0.6 is 0 Å². The molecule has 112 valence electrons. The van der Waals surface area contributed by atoms with Gasteiger partial charge in [-0.1, -0.05) is 12.1 Å². The van der Waals surface area contributed by atoms with Crippen LogP contribution in [0.25, 0.3) is 10.9 Å². The lowest BCUT2D eigenvalue weighted by Crippen LogP contribution is -2.25. The number of benzene rings is 1. The van der Waals surface area contributed by atoms with Crippen molar-refractivity contribution in [3.05, 3.63) is 65.0 Å². The minimum Gasteiger partial charge on any atom is -0.496 e. The molecule has 0 saturated carbocycles. The summed E-state index contributed by atoms with van der Waals surface area (Å²) in [5.41, 5.74) is 1.65. The van der Waals surface area contributed by atoms with E-state index in [0.29, 0.717) is 16.7 Å². The Balaban J connectivity index is 2.04. The molecule has 2 heterocycles. The zero-order chi connectivity index (χ0) is 15.5. The summed E-state index contributed by atoms with van der Waals surface area (Å²) < 4.78 is 6.95. The number of aromatic nitrogens is 3. The van der Waals surface area contributed by atoms with Gasteiger partial charge in [0.05, 0.1) is 19.0 Å². The molecule has 3 rings (SSSR count). The average molecular weight is 295 g/mol. The predicted octanol–water partition coefficient (Wildman–Crippen LogP) is 2.60. The molecule has 0 fully saturated rings. The summed E-state index contributed by atoms with van der Waals surface area (Å²) in [6.45, 7) is 2.00. The van der Waals surface area contributed by atoms with E-state index in [1.54, 1.807) is 30.3 Å². The van der Waals surface area contributed by atoms with Gasteiger partial charge in [-0.15, -0.1) is 0 Å². The summed E-state index contributed by atoms with van der Waals surface area (Å²) in [6, 6.07) is 9.31. The van der Waals surface area contributed by atoms with Crippen LogP contribution in [0, 0.1) is 0 Å². The normalized spacial score (nSPS) is 12.3. The van der Waals surface area contributed by atoms with Crippen LogP contribution in [0.2, 0.25) is 0 Å².